The van der Waals surface area contributed by atoms with E-state index >= 15 is 0 Å². The summed E-state index contributed by atoms with van der Waals surface area (Å²) in [5.74, 6) is -1.18. The number of furan rings is 1. The van der Waals surface area contributed by atoms with Crippen LogP contribution in [0, 0.1) is 5.92 Å². The van der Waals surface area contributed by atoms with Crippen molar-refractivity contribution in [3.8, 4) is 11.3 Å². The Bertz CT molecular complexity index is 1490. The molecule has 2 aromatic carbocycles. The lowest BCUT2D eigenvalue weighted by Gasteiger charge is -2.11. The molecule has 3 aromatic heterocycles. The Labute approximate surface area is 187 Å². The molecule has 0 spiro atoms. The molecule has 0 amide bonds. The molecule has 3 heteroatoms. The predicted octanol–water partition coefficient (Wildman–Crippen LogP) is 7.39. The van der Waals surface area contributed by atoms with E-state index in [1.807, 2.05) is 81.4 Å². The van der Waals surface area contributed by atoms with Gasteiger partial charge in [0.15, 0.2) is 5.58 Å². The highest BCUT2D eigenvalue weighted by Gasteiger charge is 2.17. The van der Waals surface area contributed by atoms with Crippen LogP contribution in [-0.4, -0.2) is 9.97 Å². The molecular formula is C28H26N2O. The third-order valence-corrected chi connectivity index (χ3v) is 5.42. The third kappa shape index (κ3) is 3.72. The van der Waals surface area contributed by atoms with E-state index in [2.05, 4.69) is 4.98 Å². The summed E-state index contributed by atoms with van der Waals surface area (Å²) in [6.07, 6.45) is 0.181. The monoisotopic (exact) mass is 409 g/mol. The molecule has 5 aromatic rings. The molecule has 0 aliphatic rings. The fourth-order valence-electron chi connectivity index (χ4n) is 3.91. The van der Waals surface area contributed by atoms with Gasteiger partial charge in [0.1, 0.15) is 11.1 Å². The van der Waals surface area contributed by atoms with Gasteiger partial charge in [-0.1, -0.05) is 57.2 Å². The van der Waals surface area contributed by atoms with Crippen molar-refractivity contribution in [1.29, 1.82) is 0 Å². The zero-order chi connectivity index (χ0) is 24.1. The fraction of sp³-hybridized carbons (Fsp3) is 0.214. The number of nitrogens with zero attached hydrogens (tertiary/aromatic N) is 2. The van der Waals surface area contributed by atoms with Gasteiger partial charge in [0.2, 0.25) is 0 Å². The Balaban J connectivity index is 1.66. The second-order valence-electron chi connectivity index (χ2n) is 8.05. The number of benzene rings is 2. The number of hydrogen-bond acceptors (Lipinski definition) is 3. The zero-order valence-corrected chi connectivity index (χ0v) is 17.9. The van der Waals surface area contributed by atoms with E-state index in [1.54, 1.807) is 18.3 Å². The van der Waals surface area contributed by atoms with Crippen LogP contribution in [0.3, 0.4) is 0 Å². The molecule has 31 heavy (non-hydrogen) atoms. The van der Waals surface area contributed by atoms with E-state index in [1.165, 1.54) is 0 Å². The van der Waals surface area contributed by atoms with Gasteiger partial charge in [0.25, 0.3) is 0 Å². The number of pyridine rings is 2. The van der Waals surface area contributed by atoms with Crippen molar-refractivity contribution in [1.82, 2.24) is 9.97 Å². The van der Waals surface area contributed by atoms with Crippen molar-refractivity contribution in [2.45, 2.75) is 33.0 Å². The van der Waals surface area contributed by atoms with Crippen LogP contribution >= 0.6 is 0 Å². The van der Waals surface area contributed by atoms with E-state index in [0.29, 0.717) is 33.6 Å². The van der Waals surface area contributed by atoms with E-state index in [-0.39, 0.29) is 5.92 Å². The summed E-state index contributed by atoms with van der Waals surface area (Å²) < 4.78 is 32.2. The topological polar surface area (TPSA) is 38.9 Å². The number of fused-ring (bicyclic) bond motifs is 3. The first-order valence-electron chi connectivity index (χ1n) is 12.0. The van der Waals surface area contributed by atoms with Crippen molar-refractivity contribution in [3.05, 3.63) is 95.8 Å². The molecule has 3 heterocycles. The molecular weight excluding hydrogens is 380 g/mol. The van der Waals surface area contributed by atoms with Crippen LogP contribution in [0.5, 0.6) is 0 Å². The molecule has 5 rings (SSSR count). The maximum atomic E-state index is 9.00. The Kier molecular flexibility index (Phi) is 4.19. The van der Waals surface area contributed by atoms with Gasteiger partial charge in [-0.15, -0.1) is 0 Å². The summed E-state index contributed by atoms with van der Waals surface area (Å²) in [6.45, 7) is 5.60. The van der Waals surface area contributed by atoms with Crippen molar-refractivity contribution in [2.75, 3.05) is 0 Å². The first-order chi connectivity index (χ1) is 16.2. The molecule has 3 nitrogen and oxygen atoms in total. The minimum absolute atomic E-state index is 0.170. The maximum absolute atomic E-state index is 9.00. The number of rotatable bonds is 5. The highest BCUT2D eigenvalue weighted by molar-refractivity contribution is 6.07. The number of hydrogen-bond donors (Lipinski definition) is 0. The minimum Gasteiger partial charge on any atom is -0.454 e. The molecule has 0 fully saturated rings. The van der Waals surface area contributed by atoms with Crippen molar-refractivity contribution in [3.63, 3.8) is 0 Å². The molecule has 0 aliphatic carbocycles. The lowest BCUT2D eigenvalue weighted by atomic mass is 9.97. The molecule has 0 radical (unpaired) electrons. The molecule has 0 aliphatic heterocycles. The molecule has 1 unspecified atom stereocenters. The Hall–Kier alpha value is -3.46. The van der Waals surface area contributed by atoms with E-state index < -0.39 is 12.3 Å². The Morgan fingerprint density at radius 3 is 2.61 bits per heavy atom. The van der Waals surface area contributed by atoms with Crippen molar-refractivity contribution >= 4 is 22.1 Å². The van der Waals surface area contributed by atoms with Gasteiger partial charge in [-0.2, -0.15) is 0 Å². The van der Waals surface area contributed by atoms with Crippen LogP contribution in [0.1, 0.15) is 47.6 Å². The summed E-state index contributed by atoms with van der Waals surface area (Å²) >= 11 is 0. The van der Waals surface area contributed by atoms with Gasteiger partial charge in [0.05, 0.1) is 5.69 Å². The summed E-state index contributed by atoms with van der Waals surface area (Å²) in [5, 5.41) is 0.845. The fourth-order valence-corrected chi connectivity index (χ4v) is 3.91. The van der Waals surface area contributed by atoms with E-state index in [4.69, 9.17) is 13.5 Å². The number of para-hydroxylation sites is 1. The van der Waals surface area contributed by atoms with Crippen LogP contribution in [0.25, 0.3) is 33.3 Å². The van der Waals surface area contributed by atoms with Gasteiger partial charge in [-0.3, -0.25) is 4.98 Å². The van der Waals surface area contributed by atoms with Crippen LogP contribution in [-0.2, 0) is 6.37 Å². The molecule has 1 atom stereocenters. The van der Waals surface area contributed by atoms with Crippen LogP contribution < -0.4 is 0 Å². The van der Waals surface area contributed by atoms with Gasteiger partial charge in [0, 0.05) is 32.8 Å². The van der Waals surface area contributed by atoms with Gasteiger partial charge < -0.3 is 4.42 Å². The number of aromatic nitrogens is 2. The van der Waals surface area contributed by atoms with Crippen LogP contribution in [0.15, 0.2) is 83.4 Å². The first kappa shape index (κ1) is 16.3. The molecule has 0 saturated carbocycles. The smallest absolute Gasteiger partial charge is 0.153 e. The predicted molar refractivity (Wildman–Crippen MR) is 127 cm³/mol. The minimum atomic E-state index is -1.47. The molecule has 0 bridgehead atoms. The highest BCUT2D eigenvalue weighted by Crippen LogP contribution is 2.35. The second kappa shape index (κ2) is 7.99. The second-order valence-corrected chi connectivity index (χ2v) is 8.05. The Morgan fingerprint density at radius 1 is 0.968 bits per heavy atom. The highest BCUT2D eigenvalue weighted by atomic mass is 16.3. The van der Waals surface area contributed by atoms with Crippen LogP contribution in [0.4, 0.5) is 0 Å². The summed E-state index contributed by atoms with van der Waals surface area (Å²) in [4.78, 5) is 9.39. The molecule has 0 N–H and O–H groups in total. The normalized spacial score (nSPS) is 15.5. The van der Waals surface area contributed by atoms with Crippen LogP contribution in [0.2, 0.25) is 0 Å². The summed E-state index contributed by atoms with van der Waals surface area (Å²) in [7, 11) is 0. The lowest BCUT2D eigenvalue weighted by Crippen LogP contribution is -1.98. The average molecular weight is 410 g/mol. The molecule has 0 saturated heterocycles. The SMILES string of the molecule is [2H]C(C)(c1ccccc1)c1ccc2oc3c(-c4cc(C([2H])([2H])C(C)C)ccn4)cccc3c2n1. The van der Waals surface area contributed by atoms with E-state index in [0.717, 1.165) is 16.5 Å². The van der Waals surface area contributed by atoms with E-state index in [9.17, 15) is 0 Å². The zero-order valence-electron chi connectivity index (χ0n) is 20.9. The van der Waals surface area contributed by atoms with Gasteiger partial charge in [-0.05, 0) is 59.8 Å². The largest absolute Gasteiger partial charge is 0.454 e. The van der Waals surface area contributed by atoms with Gasteiger partial charge >= 0.3 is 0 Å². The molecule has 154 valence electrons. The van der Waals surface area contributed by atoms with Crippen molar-refractivity contribution in [2.24, 2.45) is 5.92 Å². The summed E-state index contributed by atoms with van der Waals surface area (Å²) in [6, 6.07) is 22.8. The Morgan fingerprint density at radius 2 is 1.81 bits per heavy atom. The van der Waals surface area contributed by atoms with Crippen molar-refractivity contribution < 1.29 is 8.53 Å². The lowest BCUT2D eigenvalue weighted by molar-refractivity contribution is 0.647. The average Bonchev–Trinajstić information content (AvgIpc) is 3.22. The standard InChI is InChI=1S/C28H26N2O/c1-18(2)16-20-14-15-29-25(17-20)22-10-7-11-23-27-26(31-28(22)23)13-12-24(30-27)19(3)21-8-5-4-6-9-21/h4-15,17-19H,16H2,1-3H3/i16D2,19D. The third-order valence-electron chi connectivity index (χ3n) is 5.42. The maximum Gasteiger partial charge on any atom is 0.153 e. The van der Waals surface area contributed by atoms with Gasteiger partial charge in [-0.25, -0.2) is 4.98 Å². The summed E-state index contributed by atoms with van der Waals surface area (Å²) in [5.41, 5.74) is 5.55. The first-order valence-corrected chi connectivity index (χ1v) is 10.5. The quantitative estimate of drug-likeness (QED) is 0.304.